The second kappa shape index (κ2) is 7.59. The Kier molecular flexibility index (Phi) is 6.43. The van der Waals surface area contributed by atoms with Crippen molar-refractivity contribution in [3.63, 3.8) is 0 Å². The fourth-order valence-electron chi connectivity index (χ4n) is 1.25. The van der Waals surface area contributed by atoms with Gasteiger partial charge in [0.2, 0.25) is 15.9 Å². The lowest BCUT2D eigenvalue weighted by molar-refractivity contribution is -0.121. The molecule has 0 aliphatic rings. The van der Waals surface area contributed by atoms with Crippen molar-refractivity contribution in [2.45, 2.75) is 30.1 Å². The lowest BCUT2D eigenvalue weighted by Crippen LogP contribution is -2.34. The van der Waals surface area contributed by atoms with Crippen LogP contribution in [0.2, 0.25) is 0 Å². The summed E-state index contributed by atoms with van der Waals surface area (Å²) in [5.74, 6) is -0.290. The topological polar surface area (TPSA) is 95.5 Å². The molecule has 1 aromatic heterocycles. The Morgan fingerprint density at radius 1 is 1.53 bits per heavy atom. The van der Waals surface area contributed by atoms with Crippen molar-refractivity contribution in [2.24, 2.45) is 0 Å². The molecule has 0 aliphatic heterocycles. The molecule has 1 amide bonds. The number of rotatable bonds is 8. The summed E-state index contributed by atoms with van der Waals surface area (Å²) >= 11 is 1.12. The molecule has 0 saturated heterocycles. The van der Waals surface area contributed by atoms with E-state index in [-0.39, 0.29) is 29.6 Å². The third kappa shape index (κ3) is 5.68. The molecule has 0 bridgehead atoms. The summed E-state index contributed by atoms with van der Waals surface area (Å²) in [6, 6.07) is 3.16. The van der Waals surface area contributed by atoms with Crippen LogP contribution in [0.3, 0.4) is 0 Å². The molecule has 0 radical (unpaired) electrons. The van der Waals surface area contributed by atoms with Crippen molar-refractivity contribution < 1.29 is 18.3 Å². The summed E-state index contributed by atoms with van der Waals surface area (Å²) < 4.78 is 26.0. The summed E-state index contributed by atoms with van der Waals surface area (Å²) in [6.45, 7) is 2.03. The predicted molar refractivity (Wildman–Crippen MR) is 73.4 cm³/mol. The summed E-state index contributed by atoms with van der Waals surface area (Å²) in [6.07, 6.45) is 0.0403. The van der Waals surface area contributed by atoms with E-state index >= 15 is 0 Å². The summed E-state index contributed by atoms with van der Waals surface area (Å²) in [7, 11) is -3.51. The molecule has 0 aromatic carbocycles. The quantitative estimate of drug-likeness (QED) is 0.644. The molecule has 6 nitrogen and oxygen atoms in total. The zero-order valence-corrected chi connectivity index (χ0v) is 12.3. The average Bonchev–Trinajstić information content (AvgIpc) is 2.90. The van der Waals surface area contributed by atoms with Gasteiger partial charge in [-0.15, -0.1) is 11.3 Å². The second-order valence-electron chi connectivity index (χ2n) is 3.95. The van der Waals surface area contributed by atoms with E-state index in [1.54, 1.807) is 11.4 Å². The van der Waals surface area contributed by atoms with E-state index < -0.39 is 16.1 Å². The number of aliphatic hydroxyl groups is 1. The van der Waals surface area contributed by atoms with Gasteiger partial charge in [0.1, 0.15) is 4.21 Å². The Labute approximate surface area is 116 Å². The van der Waals surface area contributed by atoms with Crippen LogP contribution >= 0.6 is 11.3 Å². The van der Waals surface area contributed by atoms with Crippen molar-refractivity contribution in [1.29, 1.82) is 0 Å². The zero-order valence-electron chi connectivity index (χ0n) is 10.6. The van der Waals surface area contributed by atoms with Gasteiger partial charge in [-0.3, -0.25) is 4.79 Å². The van der Waals surface area contributed by atoms with Crippen LogP contribution in [0, 0.1) is 0 Å². The maximum absolute atomic E-state index is 11.7. The molecular weight excluding hydrogens is 288 g/mol. The standard InChI is InChI=1S/C11H18N2O4S2/c1-2-9(14)8-12-10(15)5-6-13-19(16,17)11-4-3-7-18-11/h3-4,7,9,13-14H,2,5-6,8H2,1H3,(H,12,15). The minimum atomic E-state index is -3.51. The van der Waals surface area contributed by atoms with Crippen LogP contribution in [0.1, 0.15) is 19.8 Å². The molecule has 3 N–H and O–H groups in total. The highest BCUT2D eigenvalue weighted by molar-refractivity contribution is 7.91. The highest BCUT2D eigenvalue weighted by Crippen LogP contribution is 2.14. The highest BCUT2D eigenvalue weighted by atomic mass is 32.2. The van der Waals surface area contributed by atoms with E-state index in [9.17, 15) is 18.3 Å². The fourth-order valence-corrected chi connectivity index (χ4v) is 3.32. The molecule has 8 heteroatoms. The highest BCUT2D eigenvalue weighted by Gasteiger charge is 2.14. The van der Waals surface area contributed by atoms with Gasteiger partial charge in [0.25, 0.3) is 0 Å². The zero-order chi connectivity index (χ0) is 14.3. The number of amides is 1. The van der Waals surface area contributed by atoms with Crippen LogP contribution in [0.25, 0.3) is 0 Å². The van der Waals surface area contributed by atoms with E-state index in [0.29, 0.717) is 6.42 Å². The van der Waals surface area contributed by atoms with Crippen LogP contribution in [0.5, 0.6) is 0 Å². The van der Waals surface area contributed by atoms with E-state index in [2.05, 4.69) is 10.0 Å². The predicted octanol–water partition coefficient (Wildman–Crippen LogP) is 0.304. The Balaban J connectivity index is 2.29. The van der Waals surface area contributed by atoms with Gasteiger partial charge < -0.3 is 10.4 Å². The SMILES string of the molecule is CCC(O)CNC(=O)CCNS(=O)(=O)c1cccs1. The van der Waals surface area contributed by atoms with Gasteiger partial charge in [0, 0.05) is 19.5 Å². The summed E-state index contributed by atoms with van der Waals surface area (Å²) in [5.41, 5.74) is 0. The van der Waals surface area contributed by atoms with Crippen molar-refractivity contribution in [1.82, 2.24) is 10.0 Å². The normalized spacial score (nSPS) is 13.2. The monoisotopic (exact) mass is 306 g/mol. The first-order valence-corrected chi connectivity index (χ1v) is 8.30. The minimum absolute atomic E-state index is 0.0360. The van der Waals surface area contributed by atoms with Crippen LogP contribution < -0.4 is 10.0 Å². The molecule has 1 aromatic rings. The Bertz CT molecular complexity index is 485. The average molecular weight is 306 g/mol. The number of hydrogen-bond acceptors (Lipinski definition) is 5. The first-order valence-electron chi connectivity index (χ1n) is 5.93. The fraction of sp³-hybridized carbons (Fsp3) is 0.545. The molecule has 0 aliphatic carbocycles. The van der Waals surface area contributed by atoms with E-state index in [1.807, 2.05) is 6.92 Å². The maximum atomic E-state index is 11.7. The molecule has 0 saturated carbocycles. The summed E-state index contributed by atoms with van der Waals surface area (Å²) in [5, 5.41) is 13.5. The van der Waals surface area contributed by atoms with Crippen LogP contribution in [0.15, 0.2) is 21.7 Å². The van der Waals surface area contributed by atoms with Crippen molar-refractivity contribution in [3.05, 3.63) is 17.5 Å². The molecule has 1 atom stereocenters. The lowest BCUT2D eigenvalue weighted by Gasteiger charge is -2.09. The van der Waals surface area contributed by atoms with Gasteiger partial charge in [-0.25, -0.2) is 13.1 Å². The minimum Gasteiger partial charge on any atom is -0.391 e. The number of aliphatic hydroxyl groups excluding tert-OH is 1. The molecule has 19 heavy (non-hydrogen) atoms. The summed E-state index contributed by atoms with van der Waals surface area (Å²) in [4.78, 5) is 11.4. The third-order valence-corrected chi connectivity index (χ3v) is 5.27. The number of nitrogens with one attached hydrogen (secondary N) is 2. The van der Waals surface area contributed by atoms with E-state index in [4.69, 9.17) is 0 Å². The van der Waals surface area contributed by atoms with Gasteiger partial charge in [-0.1, -0.05) is 13.0 Å². The van der Waals surface area contributed by atoms with Gasteiger partial charge in [-0.05, 0) is 17.9 Å². The van der Waals surface area contributed by atoms with E-state index in [0.717, 1.165) is 11.3 Å². The number of carbonyl (C=O) groups is 1. The lowest BCUT2D eigenvalue weighted by atomic mass is 10.3. The largest absolute Gasteiger partial charge is 0.391 e. The third-order valence-electron chi connectivity index (χ3n) is 2.41. The Morgan fingerprint density at radius 2 is 2.26 bits per heavy atom. The van der Waals surface area contributed by atoms with Crippen molar-refractivity contribution in [3.8, 4) is 0 Å². The maximum Gasteiger partial charge on any atom is 0.250 e. The van der Waals surface area contributed by atoms with E-state index in [1.165, 1.54) is 6.07 Å². The van der Waals surface area contributed by atoms with Gasteiger partial charge in [-0.2, -0.15) is 0 Å². The van der Waals surface area contributed by atoms with Crippen molar-refractivity contribution in [2.75, 3.05) is 13.1 Å². The smallest absolute Gasteiger partial charge is 0.250 e. The number of hydrogen-bond donors (Lipinski definition) is 3. The molecule has 0 fully saturated rings. The first kappa shape index (κ1) is 16.1. The number of carbonyl (C=O) groups excluding carboxylic acids is 1. The first-order chi connectivity index (χ1) is 8.95. The molecule has 1 heterocycles. The second-order valence-corrected chi connectivity index (χ2v) is 6.89. The van der Waals surface area contributed by atoms with Crippen LogP contribution in [0.4, 0.5) is 0 Å². The molecule has 1 rings (SSSR count). The molecule has 0 spiro atoms. The number of thiophene rings is 1. The van der Waals surface area contributed by atoms with Gasteiger partial charge >= 0.3 is 0 Å². The van der Waals surface area contributed by atoms with Gasteiger partial charge in [0.05, 0.1) is 6.10 Å². The van der Waals surface area contributed by atoms with Gasteiger partial charge in [0.15, 0.2) is 0 Å². The van der Waals surface area contributed by atoms with Crippen LogP contribution in [-0.2, 0) is 14.8 Å². The number of sulfonamides is 1. The van der Waals surface area contributed by atoms with Crippen LogP contribution in [-0.4, -0.2) is 38.6 Å². The molecule has 108 valence electrons. The Hall–Kier alpha value is -0.960. The Morgan fingerprint density at radius 3 is 2.84 bits per heavy atom. The van der Waals surface area contributed by atoms with Crippen molar-refractivity contribution >= 4 is 27.3 Å². The molecular formula is C11H18N2O4S2. The molecule has 1 unspecified atom stereocenters.